The second-order valence-electron chi connectivity index (χ2n) is 4.26. The van der Waals surface area contributed by atoms with Crippen molar-refractivity contribution in [3.63, 3.8) is 0 Å². The molecule has 0 radical (unpaired) electrons. The first-order chi connectivity index (χ1) is 7.68. The topological polar surface area (TPSA) is 72.9 Å². The third-order valence-electron chi connectivity index (χ3n) is 3.19. The lowest BCUT2D eigenvalue weighted by molar-refractivity contribution is -0.146. The lowest BCUT2D eigenvalue weighted by Crippen LogP contribution is -2.58. The van der Waals surface area contributed by atoms with Gasteiger partial charge in [0.25, 0.3) is 0 Å². The molecule has 0 bridgehead atoms. The first kappa shape index (κ1) is 11.3. The molecule has 1 atom stereocenters. The summed E-state index contributed by atoms with van der Waals surface area (Å²) in [7, 11) is 0. The van der Waals surface area contributed by atoms with Crippen molar-refractivity contribution in [2.75, 3.05) is 39.3 Å². The molecule has 2 fully saturated rings. The lowest BCUT2D eigenvalue weighted by Gasteiger charge is -2.37. The Hall–Kier alpha value is -1.14. The molecular formula is C10H17N3O3. The van der Waals surface area contributed by atoms with Crippen LogP contribution in [0.2, 0.25) is 0 Å². The smallest absolute Gasteiger partial charge is 0.322 e. The Labute approximate surface area is 94.2 Å². The third kappa shape index (κ3) is 2.33. The molecule has 0 saturated carbocycles. The maximum Gasteiger partial charge on any atom is 0.322 e. The first-order valence-corrected chi connectivity index (χ1v) is 5.64. The number of carbonyl (C=O) groups excluding carboxylic acids is 1. The van der Waals surface area contributed by atoms with Crippen LogP contribution in [0.4, 0.5) is 0 Å². The van der Waals surface area contributed by atoms with Gasteiger partial charge in [0.05, 0.1) is 6.54 Å². The molecule has 6 heteroatoms. The van der Waals surface area contributed by atoms with Crippen LogP contribution in [0.1, 0.15) is 6.42 Å². The number of rotatable bonds is 3. The van der Waals surface area contributed by atoms with Gasteiger partial charge in [0.1, 0.15) is 6.04 Å². The summed E-state index contributed by atoms with van der Waals surface area (Å²) >= 11 is 0. The molecule has 2 aliphatic heterocycles. The van der Waals surface area contributed by atoms with Gasteiger partial charge in [-0.15, -0.1) is 0 Å². The maximum absolute atomic E-state index is 11.7. The van der Waals surface area contributed by atoms with Crippen molar-refractivity contribution in [3.05, 3.63) is 0 Å². The highest BCUT2D eigenvalue weighted by molar-refractivity contribution is 5.80. The predicted octanol–water partition coefficient (Wildman–Crippen LogP) is -1.42. The number of likely N-dealkylation sites (tertiary alicyclic amines) is 1. The average Bonchev–Trinajstić information content (AvgIpc) is 2.15. The van der Waals surface area contributed by atoms with Gasteiger partial charge in [-0.05, 0) is 6.42 Å². The Morgan fingerprint density at radius 1 is 1.31 bits per heavy atom. The van der Waals surface area contributed by atoms with E-state index in [1.165, 1.54) is 0 Å². The van der Waals surface area contributed by atoms with Gasteiger partial charge in [-0.2, -0.15) is 0 Å². The molecule has 0 aliphatic carbocycles. The number of nitrogens with one attached hydrogen (secondary N) is 1. The summed E-state index contributed by atoms with van der Waals surface area (Å²) in [4.78, 5) is 26.3. The summed E-state index contributed by atoms with van der Waals surface area (Å²) < 4.78 is 0. The zero-order valence-electron chi connectivity index (χ0n) is 9.19. The Morgan fingerprint density at radius 3 is 2.62 bits per heavy atom. The van der Waals surface area contributed by atoms with E-state index in [0.29, 0.717) is 13.1 Å². The highest BCUT2D eigenvalue weighted by Crippen LogP contribution is 2.09. The summed E-state index contributed by atoms with van der Waals surface area (Å²) in [5.74, 6) is -0.803. The molecule has 2 saturated heterocycles. The van der Waals surface area contributed by atoms with Crippen LogP contribution >= 0.6 is 0 Å². The number of aliphatic carboxylic acids is 1. The van der Waals surface area contributed by atoms with E-state index >= 15 is 0 Å². The molecule has 2 aliphatic rings. The molecule has 0 aromatic carbocycles. The minimum atomic E-state index is -0.858. The summed E-state index contributed by atoms with van der Waals surface area (Å²) in [6.07, 6.45) is 1.07. The molecule has 2 N–H and O–H groups in total. The third-order valence-corrected chi connectivity index (χ3v) is 3.19. The molecule has 1 unspecified atom stereocenters. The van der Waals surface area contributed by atoms with Crippen LogP contribution in [0.15, 0.2) is 0 Å². The van der Waals surface area contributed by atoms with Crippen LogP contribution in [0.5, 0.6) is 0 Å². The quantitative estimate of drug-likeness (QED) is 0.619. The monoisotopic (exact) mass is 227 g/mol. The number of carboxylic acids is 1. The average molecular weight is 227 g/mol. The van der Waals surface area contributed by atoms with Crippen molar-refractivity contribution in [1.82, 2.24) is 15.1 Å². The van der Waals surface area contributed by atoms with Gasteiger partial charge in [-0.1, -0.05) is 0 Å². The van der Waals surface area contributed by atoms with Gasteiger partial charge in [0.2, 0.25) is 5.91 Å². The molecule has 2 rings (SSSR count). The van der Waals surface area contributed by atoms with Gasteiger partial charge in [0, 0.05) is 32.7 Å². The molecule has 1 amide bonds. The molecule has 90 valence electrons. The number of hydrogen-bond acceptors (Lipinski definition) is 4. The Kier molecular flexibility index (Phi) is 3.40. The van der Waals surface area contributed by atoms with E-state index < -0.39 is 12.0 Å². The van der Waals surface area contributed by atoms with Crippen molar-refractivity contribution >= 4 is 11.9 Å². The van der Waals surface area contributed by atoms with Crippen LogP contribution in [-0.2, 0) is 9.59 Å². The molecule has 16 heavy (non-hydrogen) atoms. The molecule has 0 aromatic heterocycles. The summed E-state index contributed by atoms with van der Waals surface area (Å²) in [5, 5.41) is 12.1. The predicted molar refractivity (Wildman–Crippen MR) is 57.1 cm³/mol. The maximum atomic E-state index is 11.7. The largest absolute Gasteiger partial charge is 0.480 e. The van der Waals surface area contributed by atoms with E-state index in [1.54, 1.807) is 9.80 Å². The van der Waals surface area contributed by atoms with Crippen molar-refractivity contribution in [2.24, 2.45) is 0 Å². The fourth-order valence-corrected chi connectivity index (χ4v) is 2.02. The van der Waals surface area contributed by atoms with E-state index in [2.05, 4.69) is 5.32 Å². The normalized spacial score (nSPS) is 26.2. The highest BCUT2D eigenvalue weighted by atomic mass is 16.4. The molecular weight excluding hydrogens is 210 g/mol. The van der Waals surface area contributed by atoms with Crippen molar-refractivity contribution < 1.29 is 14.7 Å². The second-order valence-corrected chi connectivity index (χ2v) is 4.26. The van der Waals surface area contributed by atoms with Gasteiger partial charge in [-0.3, -0.25) is 14.5 Å². The van der Waals surface area contributed by atoms with Crippen molar-refractivity contribution in [3.8, 4) is 0 Å². The van der Waals surface area contributed by atoms with Crippen LogP contribution in [0.25, 0.3) is 0 Å². The summed E-state index contributed by atoms with van der Waals surface area (Å²) in [6.45, 7) is 3.67. The standard InChI is InChI=1S/C10H17N3O3/c14-9(12-3-1-4-12)7-13-5-2-11-6-8(13)10(15)16/h8,11H,1-7H2,(H,15,16). The Bertz CT molecular complexity index is 291. The molecule has 6 nitrogen and oxygen atoms in total. The zero-order chi connectivity index (χ0) is 11.5. The number of hydrogen-bond donors (Lipinski definition) is 2. The molecule has 0 aromatic rings. The van der Waals surface area contributed by atoms with E-state index in [1.807, 2.05) is 0 Å². The second kappa shape index (κ2) is 4.80. The number of carboxylic acid groups (broad SMARTS) is 1. The van der Waals surface area contributed by atoms with E-state index in [0.717, 1.165) is 26.1 Å². The first-order valence-electron chi connectivity index (χ1n) is 5.64. The van der Waals surface area contributed by atoms with Gasteiger partial charge >= 0.3 is 5.97 Å². The summed E-state index contributed by atoms with van der Waals surface area (Å²) in [6, 6.07) is -0.570. The van der Waals surface area contributed by atoms with E-state index in [9.17, 15) is 9.59 Å². The number of nitrogens with zero attached hydrogens (tertiary/aromatic N) is 2. The van der Waals surface area contributed by atoms with Crippen LogP contribution in [0.3, 0.4) is 0 Å². The van der Waals surface area contributed by atoms with Crippen LogP contribution in [0, 0.1) is 0 Å². The highest BCUT2D eigenvalue weighted by Gasteiger charge is 2.31. The van der Waals surface area contributed by atoms with Gasteiger partial charge in [0.15, 0.2) is 0 Å². The SMILES string of the molecule is O=C(O)C1CNCCN1CC(=O)N1CCC1. The number of carbonyl (C=O) groups is 2. The van der Waals surface area contributed by atoms with Crippen LogP contribution < -0.4 is 5.32 Å². The van der Waals surface area contributed by atoms with Crippen molar-refractivity contribution in [2.45, 2.75) is 12.5 Å². The molecule has 2 heterocycles. The Balaban J connectivity index is 1.90. The number of amides is 1. The van der Waals surface area contributed by atoms with Gasteiger partial charge < -0.3 is 15.3 Å². The zero-order valence-corrected chi connectivity index (χ0v) is 9.19. The summed E-state index contributed by atoms with van der Waals surface area (Å²) in [5.41, 5.74) is 0. The minimum absolute atomic E-state index is 0.0550. The number of piperazine rings is 1. The lowest BCUT2D eigenvalue weighted by atomic mass is 10.1. The minimum Gasteiger partial charge on any atom is -0.480 e. The fraction of sp³-hybridized carbons (Fsp3) is 0.800. The Morgan fingerprint density at radius 2 is 2.06 bits per heavy atom. The van der Waals surface area contributed by atoms with Crippen molar-refractivity contribution in [1.29, 1.82) is 0 Å². The van der Waals surface area contributed by atoms with E-state index in [-0.39, 0.29) is 12.5 Å². The molecule has 0 spiro atoms. The van der Waals surface area contributed by atoms with Gasteiger partial charge in [-0.25, -0.2) is 0 Å². The van der Waals surface area contributed by atoms with Crippen LogP contribution in [-0.4, -0.2) is 72.1 Å². The van der Waals surface area contributed by atoms with E-state index in [4.69, 9.17) is 5.11 Å². The fourth-order valence-electron chi connectivity index (χ4n) is 2.02.